The first-order chi connectivity index (χ1) is 12.6. The second-order valence-corrected chi connectivity index (χ2v) is 7.89. The second-order valence-electron chi connectivity index (χ2n) is 7.89. The highest BCUT2D eigenvalue weighted by molar-refractivity contribution is 5.80. The van der Waals surface area contributed by atoms with E-state index in [1.165, 1.54) is 16.5 Å². The molecule has 1 aromatic carbocycles. The van der Waals surface area contributed by atoms with Crippen LogP contribution in [0.2, 0.25) is 0 Å². The summed E-state index contributed by atoms with van der Waals surface area (Å²) in [5.41, 5.74) is 2.61. The van der Waals surface area contributed by atoms with Gasteiger partial charge in [0.2, 0.25) is 0 Å². The Kier molecular flexibility index (Phi) is 5.00. The number of rotatable bonds is 5. The van der Waals surface area contributed by atoms with Crippen LogP contribution in [0.4, 0.5) is 0 Å². The molecule has 3 heterocycles. The number of carboxylic acid groups (broad SMARTS) is 1. The van der Waals surface area contributed by atoms with Crippen LogP contribution in [0.15, 0.2) is 30.5 Å². The highest BCUT2D eigenvalue weighted by atomic mass is 16.5. The fourth-order valence-electron chi connectivity index (χ4n) is 4.44. The molecule has 140 valence electrons. The minimum Gasteiger partial charge on any atom is -0.481 e. The third-order valence-corrected chi connectivity index (χ3v) is 6.01. The molecular weight excluding hydrogens is 328 g/mol. The Balaban J connectivity index is 1.27. The summed E-state index contributed by atoms with van der Waals surface area (Å²) in [5, 5.41) is 10.4. The van der Waals surface area contributed by atoms with Crippen LogP contribution >= 0.6 is 0 Å². The average molecular weight is 356 g/mol. The highest BCUT2D eigenvalue weighted by Crippen LogP contribution is 2.26. The predicted octanol–water partition coefficient (Wildman–Crippen LogP) is 3.07. The topological polar surface area (TPSA) is 54.7 Å². The third-order valence-electron chi connectivity index (χ3n) is 6.01. The van der Waals surface area contributed by atoms with Crippen LogP contribution in [0.3, 0.4) is 0 Å². The Morgan fingerprint density at radius 3 is 2.69 bits per heavy atom. The van der Waals surface area contributed by atoms with E-state index >= 15 is 0 Å². The monoisotopic (exact) mass is 356 g/mol. The van der Waals surface area contributed by atoms with E-state index in [1.54, 1.807) is 0 Å². The molecule has 2 aliphatic heterocycles. The van der Waals surface area contributed by atoms with Crippen molar-refractivity contribution in [1.82, 2.24) is 9.47 Å². The summed E-state index contributed by atoms with van der Waals surface area (Å²) >= 11 is 0. The number of benzene rings is 1. The minimum atomic E-state index is -0.641. The van der Waals surface area contributed by atoms with Gasteiger partial charge in [-0.3, -0.25) is 4.79 Å². The molecule has 0 bridgehead atoms. The Bertz CT molecular complexity index is 777. The van der Waals surface area contributed by atoms with Crippen LogP contribution in [-0.2, 0) is 23.0 Å². The lowest BCUT2D eigenvalue weighted by molar-refractivity contribution is -0.143. The number of aliphatic carboxylic acids is 1. The lowest BCUT2D eigenvalue weighted by atomic mass is 9.97. The predicted molar refractivity (Wildman–Crippen MR) is 101 cm³/mol. The summed E-state index contributed by atoms with van der Waals surface area (Å²) in [6.07, 6.45) is 7.43. The van der Waals surface area contributed by atoms with Gasteiger partial charge >= 0.3 is 5.97 Å². The molecule has 0 aliphatic carbocycles. The first kappa shape index (κ1) is 17.6. The molecule has 2 aliphatic rings. The fourth-order valence-corrected chi connectivity index (χ4v) is 4.44. The van der Waals surface area contributed by atoms with Gasteiger partial charge in [-0.1, -0.05) is 6.07 Å². The normalized spacial score (nSPS) is 25.1. The maximum absolute atomic E-state index is 11.1. The number of aryl methyl sites for hydroxylation is 1. The van der Waals surface area contributed by atoms with E-state index < -0.39 is 5.97 Å². The van der Waals surface area contributed by atoms with Crippen molar-refractivity contribution in [3.8, 4) is 0 Å². The summed E-state index contributed by atoms with van der Waals surface area (Å²) in [4.78, 5) is 13.4. The van der Waals surface area contributed by atoms with Gasteiger partial charge < -0.3 is 19.3 Å². The number of likely N-dealkylation sites (tertiary alicyclic amines) is 1. The summed E-state index contributed by atoms with van der Waals surface area (Å²) < 4.78 is 8.44. The van der Waals surface area contributed by atoms with Gasteiger partial charge in [0, 0.05) is 25.3 Å². The minimum absolute atomic E-state index is 0.156. The number of hydrogen-bond acceptors (Lipinski definition) is 3. The quantitative estimate of drug-likeness (QED) is 0.895. The number of fused-ring (bicyclic) bond motifs is 1. The first-order valence-electron chi connectivity index (χ1n) is 9.73. The summed E-state index contributed by atoms with van der Waals surface area (Å²) in [7, 11) is 2.08. The molecule has 0 saturated carbocycles. The van der Waals surface area contributed by atoms with E-state index in [9.17, 15) is 4.79 Å². The van der Waals surface area contributed by atoms with Gasteiger partial charge in [-0.05, 0) is 74.3 Å². The molecule has 5 nitrogen and oxygen atoms in total. The van der Waals surface area contributed by atoms with Crippen molar-refractivity contribution < 1.29 is 14.6 Å². The van der Waals surface area contributed by atoms with E-state index in [0.29, 0.717) is 12.2 Å². The average Bonchev–Trinajstić information content (AvgIpc) is 3.22. The highest BCUT2D eigenvalue weighted by Gasteiger charge is 2.30. The Morgan fingerprint density at radius 1 is 1.15 bits per heavy atom. The molecule has 1 N–H and O–H groups in total. The molecule has 0 amide bonds. The van der Waals surface area contributed by atoms with Crippen molar-refractivity contribution in [2.24, 2.45) is 13.0 Å². The summed E-state index contributed by atoms with van der Waals surface area (Å²) in [6.45, 7) is 2.71. The Hall–Kier alpha value is -1.85. The van der Waals surface area contributed by atoms with Gasteiger partial charge in [0.15, 0.2) is 0 Å². The number of aromatic nitrogens is 1. The van der Waals surface area contributed by atoms with Gasteiger partial charge in [0.1, 0.15) is 0 Å². The molecule has 2 aromatic rings. The number of hydrogen-bond donors (Lipinski definition) is 1. The van der Waals surface area contributed by atoms with Gasteiger partial charge in [-0.2, -0.15) is 0 Å². The molecule has 0 radical (unpaired) electrons. The van der Waals surface area contributed by atoms with Crippen molar-refractivity contribution in [2.75, 3.05) is 19.6 Å². The smallest absolute Gasteiger partial charge is 0.306 e. The van der Waals surface area contributed by atoms with E-state index in [1.807, 2.05) is 0 Å². The van der Waals surface area contributed by atoms with Crippen LogP contribution in [0.1, 0.15) is 31.2 Å². The molecule has 1 aromatic heterocycles. The Morgan fingerprint density at radius 2 is 1.92 bits per heavy atom. The molecule has 26 heavy (non-hydrogen) atoms. The van der Waals surface area contributed by atoms with Crippen LogP contribution < -0.4 is 0 Å². The largest absolute Gasteiger partial charge is 0.481 e. The zero-order chi connectivity index (χ0) is 18.1. The van der Waals surface area contributed by atoms with Crippen molar-refractivity contribution in [2.45, 2.75) is 44.3 Å². The molecule has 0 spiro atoms. The molecule has 2 atom stereocenters. The summed E-state index contributed by atoms with van der Waals surface area (Å²) in [5.74, 6) is -0.798. The SMILES string of the molecule is Cn1ccc2cc(C[C@@H]3CC[C@H](CN4CCC(C(=O)O)CC4)O3)ccc21. The van der Waals surface area contributed by atoms with E-state index in [-0.39, 0.29) is 5.92 Å². The van der Waals surface area contributed by atoms with Crippen molar-refractivity contribution in [3.05, 3.63) is 36.0 Å². The third kappa shape index (κ3) is 3.79. The molecule has 4 rings (SSSR count). The van der Waals surface area contributed by atoms with Crippen LogP contribution in [-0.4, -0.2) is 52.4 Å². The maximum Gasteiger partial charge on any atom is 0.306 e. The zero-order valence-electron chi connectivity index (χ0n) is 15.4. The number of carboxylic acids is 1. The second kappa shape index (κ2) is 7.41. The van der Waals surface area contributed by atoms with Gasteiger partial charge in [0.05, 0.1) is 18.1 Å². The molecular formula is C21H28N2O3. The van der Waals surface area contributed by atoms with Crippen LogP contribution in [0, 0.1) is 5.92 Å². The lowest BCUT2D eigenvalue weighted by Gasteiger charge is -2.31. The van der Waals surface area contributed by atoms with Gasteiger partial charge in [-0.25, -0.2) is 0 Å². The molecule has 2 saturated heterocycles. The van der Waals surface area contributed by atoms with Crippen molar-refractivity contribution in [3.63, 3.8) is 0 Å². The zero-order valence-corrected chi connectivity index (χ0v) is 15.4. The van der Waals surface area contributed by atoms with E-state index in [2.05, 4.69) is 47.0 Å². The first-order valence-corrected chi connectivity index (χ1v) is 9.73. The molecule has 2 fully saturated rings. The fraction of sp³-hybridized carbons (Fsp3) is 0.571. The molecule has 5 heteroatoms. The van der Waals surface area contributed by atoms with E-state index in [4.69, 9.17) is 9.84 Å². The molecule has 0 unspecified atom stereocenters. The standard InChI is InChI=1S/C21H28N2O3/c1-22-9-6-17-12-15(2-5-20(17)22)13-18-3-4-19(26-18)14-23-10-7-16(8-11-23)21(24)25/h2,5-6,9,12,16,18-19H,3-4,7-8,10-11,13-14H2,1H3,(H,24,25)/t18-,19+/m0/s1. The van der Waals surface area contributed by atoms with Gasteiger partial charge in [-0.15, -0.1) is 0 Å². The van der Waals surface area contributed by atoms with Gasteiger partial charge in [0.25, 0.3) is 0 Å². The number of ether oxygens (including phenoxy) is 1. The Labute approximate surface area is 154 Å². The van der Waals surface area contributed by atoms with Crippen LogP contribution in [0.25, 0.3) is 10.9 Å². The van der Waals surface area contributed by atoms with E-state index in [0.717, 1.165) is 51.7 Å². The van der Waals surface area contributed by atoms with Crippen LogP contribution in [0.5, 0.6) is 0 Å². The lowest BCUT2D eigenvalue weighted by Crippen LogP contribution is -2.40. The number of nitrogens with zero attached hydrogens (tertiary/aromatic N) is 2. The maximum atomic E-state index is 11.1. The number of carbonyl (C=O) groups is 1. The summed E-state index contributed by atoms with van der Waals surface area (Å²) in [6, 6.07) is 8.86. The van der Waals surface area contributed by atoms with Crippen molar-refractivity contribution >= 4 is 16.9 Å². The number of piperidine rings is 1. The van der Waals surface area contributed by atoms with Crippen molar-refractivity contribution in [1.29, 1.82) is 0 Å².